The van der Waals surface area contributed by atoms with Gasteiger partial charge in [-0.05, 0) is 55.5 Å². The Kier molecular flexibility index (Phi) is 5.30. The molecule has 1 aliphatic heterocycles. The summed E-state index contributed by atoms with van der Waals surface area (Å²) in [5.41, 5.74) is 10.5. The van der Waals surface area contributed by atoms with Crippen LogP contribution in [0.2, 0.25) is 0 Å². The first kappa shape index (κ1) is 19.1. The fraction of sp³-hybridized carbons (Fsp3) is 0.292. The summed E-state index contributed by atoms with van der Waals surface area (Å²) in [7, 11) is 1.69. The minimum atomic E-state index is -0.328. The van der Waals surface area contributed by atoms with Crippen molar-refractivity contribution in [1.82, 2.24) is 10.4 Å². The van der Waals surface area contributed by atoms with Crippen molar-refractivity contribution in [2.45, 2.75) is 32.7 Å². The van der Waals surface area contributed by atoms with Crippen LogP contribution in [0.15, 0.2) is 65.9 Å². The van der Waals surface area contributed by atoms with Crippen molar-refractivity contribution in [2.75, 3.05) is 13.7 Å². The van der Waals surface area contributed by atoms with Gasteiger partial charge < -0.3 is 9.47 Å². The normalized spacial score (nSPS) is 18.1. The molecule has 0 amide bonds. The summed E-state index contributed by atoms with van der Waals surface area (Å²) in [6.07, 6.45) is 3.50. The summed E-state index contributed by atoms with van der Waals surface area (Å²) in [6, 6.07) is 16.7. The zero-order valence-corrected chi connectivity index (χ0v) is 17.1. The maximum Gasteiger partial charge on any atom is 0.332 e. The van der Waals surface area contributed by atoms with E-state index in [1.807, 2.05) is 26.0 Å². The molecule has 0 spiro atoms. The molecule has 2 aliphatic rings. The average molecular weight is 390 g/mol. The summed E-state index contributed by atoms with van der Waals surface area (Å²) < 4.78 is 10.6. The number of nitrogens with one attached hydrogen (secondary N) is 1. The van der Waals surface area contributed by atoms with Crippen LogP contribution in [-0.2, 0) is 16.0 Å². The number of hydrogen-bond donors (Lipinski definition) is 1. The number of carbonyl (C=O) groups excluding carboxylic acids is 1. The Balaban J connectivity index is 1.78. The molecule has 0 radical (unpaired) electrons. The number of fused-ring (bicyclic) bond motifs is 2. The molecule has 0 unspecified atom stereocenters. The van der Waals surface area contributed by atoms with Gasteiger partial charge in [0.15, 0.2) is 0 Å². The van der Waals surface area contributed by atoms with E-state index in [0.717, 1.165) is 35.5 Å². The third-order valence-corrected chi connectivity index (χ3v) is 5.50. The van der Waals surface area contributed by atoms with Crippen LogP contribution in [0, 0.1) is 0 Å². The number of carbonyl (C=O) groups is 1. The van der Waals surface area contributed by atoms with Crippen LogP contribution < -0.4 is 10.2 Å². The highest BCUT2D eigenvalue weighted by atomic mass is 16.5. The van der Waals surface area contributed by atoms with Gasteiger partial charge in [0.05, 0.1) is 25.5 Å². The minimum Gasteiger partial charge on any atom is -0.497 e. The largest absolute Gasteiger partial charge is 0.497 e. The van der Waals surface area contributed by atoms with Crippen LogP contribution in [-0.4, -0.2) is 24.7 Å². The van der Waals surface area contributed by atoms with Gasteiger partial charge in [0, 0.05) is 17.3 Å². The summed E-state index contributed by atoms with van der Waals surface area (Å²) in [5, 5.41) is 2.07. The van der Waals surface area contributed by atoms with Crippen LogP contribution in [0.3, 0.4) is 0 Å². The number of ether oxygens (including phenoxy) is 2. The summed E-state index contributed by atoms with van der Waals surface area (Å²) in [4.78, 5) is 12.1. The van der Waals surface area contributed by atoms with Gasteiger partial charge in [0.2, 0.25) is 0 Å². The van der Waals surface area contributed by atoms with Crippen molar-refractivity contribution in [1.29, 1.82) is 0 Å². The molecule has 1 N–H and O–H groups in total. The van der Waals surface area contributed by atoms with Crippen LogP contribution in [0.25, 0.3) is 5.70 Å². The molecule has 2 aromatic carbocycles. The van der Waals surface area contributed by atoms with E-state index in [2.05, 4.69) is 46.8 Å². The van der Waals surface area contributed by atoms with Crippen LogP contribution in [0.4, 0.5) is 0 Å². The lowest BCUT2D eigenvalue weighted by atomic mass is 9.85. The molecule has 4 rings (SSSR count). The highest BCUT2D eigenvalue weighted by Gasteiger charge is 2.37. The van der Waals surface area contributed by atoms with Gasteiger partial charge in [-0.1, -0.05) is 36.4 Å². The Labute approximate surface area is 171 Å². The van der Waals surface area contributed by atoms with Gasteiger partial charge in [0.25, 0.3) is 0 Å². The van der Waals surface area contributed by atoms with E-state index in [9.17, 15) is 4.79 Å². The third kappa shape index (κ3) is 3.60. The number of aryl methyl sites for hydroxylation is 1. The number of nitrogens with zero attached hydrogens (tertiary/aromatic N) is 1. The Morgan fingerprint density at radius 1 is 1.21 bits per heavy atom. The lowest BCUT2D eigenvalue weighted by Crippen LogP contribution is -2.33. The standard InChI is InChI=1S/C24H26N2O3/c1-4-29-22(27)14-16(2)26-24(18-8-6-5-7-9-18)20-13-11-17-10-12-19(28-3)15-21(17)23(20)25-26/h5-10,12,14-15,24-25H,4,11,13H2,1-3H3/b16-14+/t24-/m0/s1. The average Bonchev–Trinajstić information content (AvgIpc) is 3.14. The van der Waals surface area contributed by atoms with E-state index in [1.165, 1.54) is 16.7 Å². The third-order valence-electron chi connectivity index (χ3n) is 5.50. The maximum atomic E-state index is 12.1. The fourth-order valence-electron chi connectivity index (χ4n) is 4.15. The molecule has 150 valence electrons. The van der Waals surface area contributed by atoms with Crippen molar-refractivity contribution in [3.63, 3.8) is 0 Å². The molecule has 0 saturated carbocycles. The number of allylic oxidation sites excluding steroid dienone is 1. The molecule has 29 heavy (non-hydrogen) atoms. The number of esters is 1. The molecule has 1 heterocycles. The molecule has 0 saturated heterocycles. The Bertz CT molecular complexity index is 979. The molecular weight excluding hydrogens is 364 g/mol. The predicted octanol–water partition coefficient (Wildman–Crippen LogP) is 4.38. The monoisotopic (exact) mass is 390 g/mol. The molecule has 1 atom stereocenters. The fourth-order valence-corrected chi connectivity index (χ4v) is 4.15. The zero-order chi connectivity index (χ0) is 20.4. The van der Waals surface area contributed by atoms with E-state index in [-0.39, 0.29) is 12.0 Å². The minimum absolute atomic E-state index is 0.0243. The van der Waals surface area contributed by atoms with E-state index in [0.29, 0.717) is 6.61 Å². The topological polar surface area (TPSA) is 50.8 Å². The zero-order valence-electron chi connectivity index (χ0n) is 17.1. The Morgan fingerprint density at radius 3 is 2.72 bits per heavy atom. The second-order valence-electron chi connectivity index (χ2n) is 7.26. The first-order valence-electron chi connectivity index (χ1n) is 9.98. The van der Waals surface area contributed by atoms with Gasteiger partial charge in [-0.25, -0.2) is 4.79 Å². The van der Waals surface area contributed by atoms with Crippen LogP contribution in [0.5, 0.6) is 5.75 Å². The Hall–Kier alpha value is -3.21. The quantitative estimate of drug-likeness (QED) is 0.606. The second-order valence-corrected chi connectivity index (χ2v) is 7.26. The second kappa shape index (κ2) is 8.03. The van der Waals surface area contributed by atoms with Crippen molar-refractivity contribution >= 4 is 11.7 Å². The molecule has 5 nitrogen and oxygen atoms in total. The van der Waals surface area contributed by atoms with Crippen molar-refractivity contribution in [3.8, 4) is 5.75 Å². The van der Waals surface area contributed by atoms with Gasteiger partial charge in [-0.15, -0.1) is 0 Å². The molecule has 5 heteroatoms. The molecule has 0 fully saturated rings. The lowest BCUT2D eigenvalue weighted by molar-refractivity contribution is -0.137. The number of benzene rings is 2. The van der Waals surface area contributed by atoms with Crippen molar-refractivity contribution in [2.24, 2.45) is 0 Å². The number of methoxy groups -OCH3 is 1. The molecule has 2 aromatic rings. The molecule has 0 bridgehead atoms. The first-order chi connectivity index (χ1) is 14.1. The summed E-state index contributed by atoms with van der Waals surface area (Å²) >= 11 is 0. The van der Waals surface area contributed by atoms with Gasteiger partial charge in [-0.2, -0.15) is 0 Å². The van der Waals surface area contributed by atoms with Gasteiger partial charge >= 0.3 is 5.97 Å². The van der Waals surface area contributed by atoms with Crippen molar-refractivity contribution < 1.29 is 14.3 Å². The van der Waals surface area contributed by atoms with E-state index in [4.69, 9.17) is 9.47 Å². The van der Waals surface area contributed by atoms with Crippen LogP contribution in [0.1, 0.15) is 43.0 Å². The number of hydrazine groups is 1. The lowest BCUT2D eigenvalue weighted by Gasteiger charge is -2.29. The number of hydrogen-bond acceptors (Lipinski definition) is 5. The Morgan fingerprint density at radius 2 is 2.00 bits per heavy atom. The molecule has 1 aliphatic carbocycles. The predicted molar refractivity (Wildman–Crippen MR) is 113 cm³/mol. The highest BCUT2D eigenvalue weighted by molar-refractivity contribution is 5.83. The first-order valence-corrected chi connectivity index (χ1v) is 9.98. The van der Waals surface area contributed by atoms with Crippen LogP contribution >= 0.6 is 0 Å². The van der Waals surface area contributed by atoms with E-state index < -0.39 is 0 Å². The summed E-state index contributed by atoms with van der Waals surface area (Å²) in [5.74, 6) is 0.512. The SMILES string of the molecule is CCOC(=O)/C=C(\C)N1NC2=C(CCc3ccc(OC)cc32)[C@@H]1c1ccccc1. The highest BCUT2D eigenvalue weighted by Crippen LogP contribution is 2.45. The maximum absolute atomic E-state index is 12.1. The van der Waals surface area contributed by atoms with Crippen molar-refractivity contribution in [3.05, 3.63) is 82.6 Å². The summed E-state index contributed by atoms with van der Waals surface area (Å²) in [6.45, 7) is 4.11. The van der Waals surface area contributed by atoms with E-state index >= 15 is 0 Å². The molecule has 0 aromatic heterocycles. The van der Waals surface area contributed by atoms with Gasteiger partial charge in [0.1, 0.15) is 5.75 Å². The van der Waals surface area contributed by atoms with E-state index in [1.54, 1.807) is 13.2 Å². The number of rotatable bonds is 5. The van der Waals surface area contributed by atoms with Gasteiger partial charge in [-0.3, -0.25) is 10.4 Å². The molecular formula is C24H26N2O3. The smallest absolute Gasteiger partial charge is 0.332 e.